The number of esters is 1. The highest BCUT2D eigenvalue weighted by Gasteiger charge is 2.12. The molecule has 128 valence electrons. The number of halogens is 2. The van der Waals surface area contributed by atoms with Gasteiger partial charge in [-0.2, -0.15) is 4.98 Å². The number of ether oxygens (including phenoxy) is 2. The van der Waals surface area contributed by atoms with Crippen molar-refractivity contribution in [1.29, 1.82) is 0 Å². The number of benzene rings is 2. The Kier molecular flexibility index (Phi) is 4.98. The number of nitrogens with zero attached hydrogens (tertiary/aromatic N) is 2. The third-order valence-corrected chi connectivity index (χ3v) is 3.11. The molecule has 1 aromatic heterocycles. The Hall–Kier alpha value is -3.29. The van der Waals surface area contributed by atoms with Gasteiger partial charge in [-0.25, -0.2) is 13.6 Å². The summed E-state index contributed by atoms with van der Waals surface area (Å²) in [6, 6.07) is 11.2. The predicted molar refractivity (Wildman–Crippen MR) is 81.4 cm³/mol. The van der Waals surface area contributed by atoms with E-state index in [2.05, 4.69) is 10.1 Å². The van der Waals surface area contributed by atoms with Crippen molar-refractivity contribution in [1.82, 2.24) is 10.1 Å². The minimum atomic E-state index is -0.718. The molecule has 0 radical (unpaired) electrons. The predicted octanol–water partition coefficient (Wildman–Crippen LogP) is 3.14. The topological polar surface area (TPSA) is 74.5 Å². The van der Waals surface area contributed by atoms with E-state index in [-0.39, 0.29) is 29.9 Å². The molecule has 0 fully saturated rings. The van der Waals surface area contributed by atoms with Gasteiger partial charge in [0.15, 0.2) is 24.8 Å². The molecule has 0 aliphatic rings. The molecule has 0 N–H and O–H groups in total. The first kappa shape index (κ1) is 16.6. The first-order valence-corrected chi connectivity index (χ1v) is 7.23. The number of hydrogen-bond acceptors (Lipinski definition) is 6. The lowest BCUT2D eigenvalue weighted by Crippen LogP contribution is -2.15. The van der Waals surface area contributed by atoms with Crippen molar-refractivity contribution < 1.29 is 27.6 Å². The monoisotopic (exact) mass is 346 g/mol. The molecule has 0 amide bonds. The second-order valence-electron chi connectivity index (χ2n) is 4.90. The van der Waals surface area contributed by atoms with Gasteiger partial charge >= 0.3 is 5.97 Å². The van der Waals surface area contributed by atoms with Crippen LogP contribution in [0.15, 0.2) is 53.1 Å². The van der Waals surface area contributed by atoms with Crippen LogP contribution in [0.1, 0.15) is 5.89 Å². The maximum atomic E-state index is 13.3. The summed E-state index contributed by atoms with van der Waals surface area (Å²) in [5.74, 6) is -1.40. The van der Waals surface area contributed by atoms with Gasteiger partial charge < -0.3 is 14.0 Å². The fourth-order valence-electron chi connectivity index (χ4n) is 1.91. The zero-order chi connectivity index (χ0) is 17.6. The minimum Gasteiger partial charge on any atom is -0.479 e. The molecule has 8 heteroatoms. The standard InChI is InChI=1S/C17H12F2N2O4/c18-12-7-5-11(6-8-12)17-20-15(25-21-17)9-24-16(22)10-23-14-4-2-1-3-13(14)19/h1-8H,9-10H2. The summed E-state index contributed by atoms with van der Waals surface area (Å²) in [6.07, 6.45) is 0. The summed E-state index contributed by atoms with van der Waals surface area (Å²) in [5.41, 5.74) is 0.561. The number of para-hydroxylation sites is 1. The number of carbonyl (C=O) groups excluding carboxylic acids is 1. The molecule has 6 nitrogen and oxygen atoms in total. The molecule has 0 saturated heterocycles. The summed E-state index contributed by atoms with van der Waals surface area (Å²) in [7, 11) is 0. The molecule has 3 aromatic rings. The van der Waals surface area contributed by atoms with E-state index >= 15 is 0 Å². The Morgan fingerprint density at radius 1 is 1.08 bits per heavy atom. The molecule has 1 heterocycles. The third kappa shape index (κ3) is 4.37. The molecule has 0 bridgehead atoms. The van der Waals surface area contributed by atoms with Crippen LogP contribution in [0.2, 0.25) is 0 Å². The van der Waals surface area contributed by atoms with Crippen LogP contribution in [-0.4, -0.2) is 22.7 Å². The molecule has 0 unspecified atom stereocenters. The fourth-order valence-corrected chi connectivity index (χ4v) is 1.91. The van der Waals surface area contributed by atoms with Gasteiger partial charge in [-0.05, 0) is 36.4 Å². The lowest BCUT2D eigenvalue weighted by atomic mass is 10.2. The SMILES string of the molecule is O=C(COc1ccccc1F)OCc1nc(-c2ccc(F)cc2)no1. The zero-order valence-corrected chi connectivity index (χ0v) is 12.8. The van der Waals surface area contributed by atoms with Crippen LogP contribution in [0.5, 0.6) is 5.75 Å². The molecule has 25 heavy (non-hydrogen) atoms. The van der Waals surface area contributed by atoms with Crippen molar-refractivity contribution in [3.63, 3.8) is 0 Å². The van der Waals surface area contributed by atoms with Gasteiger partial charge in [0.25, 0.3) is 5.89 Å². The Bertz CT molecular complexity index is 865. The minimum absolute atomic E-state index is 0.0455. The molecule has 0 aliphatic heterocycles. The first-order chi connectivity index (χ1) is 12.1. The second kappa shape index (κ2) is 7.52. The zero-order valence-electron chi connectivity index (χ0n) is 12.8. The number of aromatic nitrogens is 2. The number of rotatable bonds is 6. The van der Waals surface area contributed by atoms with Gasteiger partial charge in [0.2, 0.25) is 5.82 Å². The summed E-state index contributed by atoms with van der Waals surface area (Å²) in [6.45, 7) is -0.715. The second-order valence-corrected chi connectivity index (χ2v) is 4.90. The van der Waals surface area contributed by atoms with Crippen LogP contribution in [-0.2, 0) is 16.1 Å². The van der Waals surface area contributed by atoms with Crippen molar-refractivity contribution in [2.45, 2.75) is 6.61 Å². The molecule has 0 spiro atoms. The van der Waals surface area contributed by atoms with E-state index in [1.807, 2.05) is 0 Å². The third-order valence-electron chi connectivity index (χ3n) is 3.11. The van der Waals surface area contributed by atoms with Gasteiger partial charge in [0.1, 0.15) is 5.82 Å². The maximum absolute atomic E-state index is 13.3. The van der Waals surface area contributed by atoms with Crippen LogP contribution in [0.25, 0.3) is 11.4 Å². The van der Waals surface area contributed by atoms with E-state index in [0.717, 1.165) is 0 Å². The largest absolute Gasteiger partial charge is 0.479 e. The Labute approximate surface area is 141 Å². The van der Waals surface area contributed by atoms with E-state index < -0.39 is 18.4 Å². The number of hydrogen-bond donors (Lipinski definition) is 0. The van der Waals surface area contributed by atoms with Crippen molar-refractivity contribution >= 4 is 5.97 Å². The highest BCUT2D eigenvalue weighted by atomic mass is 19.1. The van der Waals surface area contributed by atoms with Gasteiger partial charge in [-0.1, -0.05) is 17.3 Å². The fraction of sp³-hybridized carbons (Fsp3) is 0.118. The quantitative estimate of drug-likeness (QED) is 0.639. The lowest BCUT2D eigenvalue weighted by Gasteiger charge is -2.06. The van der Waals surface area contributed by atoms with E-state index in [1.54, 1.807) is 6.07 Å². The number of carbonyl (C=O) groups is 1. The summed E-state index contributed by atoms with van der Waals surface area (Å²) < 4.78 is 41.1. The smallest absolute Gasteiger partial charge is 0.344 e. The van der Waals surface area contributed by atoms with E-state index in [0.29, 0.717) is 5.56 Å². The van der Waals surface area contributed by atoms with Crippen LogP contribution in [0.4, 0.5) is 8.78 Å². The highest BCUT2D eigenvalue weighted by Crippen LogP contribution is 2.17. The van der Waals surface area contributed by atoms with Crippen LogP contribution >= 0.6 is 0 Å². The Morgan fingerprint density at radius 2 is 1.84 bits per heavy atom. The Balaban J connectivity index is 1.51. The van der Waals surface area contributed by atoms with Gasteiger partial charge in [-0.3, -0.25) is 0 Å². The van der Waals surface area contributed by atoms with E-state index in [9.17, 15) is 13.6 Å². The normalized spacial score (nSPS) is 10.5. The van der Waals surface area contributed by atoms with Gasteiger partial charge in [0.05, 0.1) is 0 Å². The van der Waals surface area contributed by atoms with E-state index in [1.165, 1.54) is 42.5 Å². The van der Waals surface area contributed by atoms with Crippen molar-refractivity contribution in [2.75, 3.05) is 6.61 Å². The summed E-state index contributed by atoms with van der Waals surface area (Å²) >= 11 is 0. The Morgan fingerprint density at radius 3 is 2.60 bits per heavy atom. The first-order valence-electron chi connectivity index (χ1n) is 7.23. The molecule has 0 saturated carbocycles. The summed E-state index contributed by atoms with van der Waals surface area (Å²) in [4.78, 5) is 15.7. The maximum Gasteiger partial charge on any atom is 0.344 e. The molecule has 0 aliphatic carbocycles. The molecular formula is C17H12F2N2O4. The lowest BCUT2D eigenvalue weighted by molar-refractivity contribution is -0.148. The highest BCUT2D eigenvalue weighted by molar-refractivity contribution is 5.71. The van der Waals surface area contributed by atoms with Crippen molar-refractivity contribution in [2.24, 2.45) is 0 Å². The van der Waals surface area contributed by atoms with Crippen LogP contribution < -0.4 is 4.74 Å². The average molecular weight is 346 g/mol. The van der Waals surface area contributed by atoms with Gasteiger partial charge in [0, 0.05) is 5.56 Å². The van der Waals surface area contributed by atoms with Crippen LogP contribution in [0, 0.1) is 11.6 Å². The van der Waals surface area contributed by atoms with Crippen molar-refractivity contribution in [3.8, 4) is 17.1 Å². The van der Waals surface area contributed by atoms with Gasteiger partial charge in [-0.15, -0.1) is 0 Å². The average Bonchev–Trinajstić information content (AvgIpc) is 3.09. The van der Waals surface area contributed by atoms with Crippen molar-refractivity contribution in [3.05, 3.63) is 66.1 Å². The molecule has 0 atom stereocenters. The summed E-state index contributed by atoms with van der Waals surface area (Å²) in [5, 5.41) is 3.72. The molecule has 3 rings (SSSR count). The van der Waals surface area contributed by atoms with Crippen LogP contribution in [0.3, 0.4) is 0 Å². The molecular weight excluding hydrogens is 334 g/mol. The molecule has 2 aromatic carbocycles. The van der Waals surface area contributed by atoms with E-state index in [4.69, 9.17) is 14.0 Å².